The molecule has 1 aliphatic heterocycles. The maximum Gasteiger partial charge on any atom is 0.225 e. The molecule has 3 nitrogen and oxygen atoms in total. The van der Waals surface area contributed by atoms with Crippen LogP contribution in [-0.4, -0.2) is 30.4 Å². The third-order valence-electron chi connectivity index (χ3n) is 3.89. The van der Waals surface area contributed by atoms with Gasteiger partial charge in [0.05, 0.1) is 0 Å². The first-order chi connectivity index (χ1) is 9.06. The van der Waals surface area contributed by atoms with Crippen LogP contribution in [0, 0.1) is 12.8 Å². The normalized spacial score (nSPS) is 23.1. The lowest BCUT2D eigenvalue weighted by Crippen LogP contribution is -2.42. The molecule has 3 heteroatoms. The van der Waals surface area contributed by atoms with Gasteiger partial charge in [-0.05, 0) is 38.8 Å². The Labute approximate surface area is 116 Å². The smallest absolute Gasteiger partial charge is 0.225 e. The number of nitrogens with one attached hydrogen (secondary N) is 1. The van der Waals surface area contributed by atoms with Gasteiger partial charge in [0.1, 0.15) is 0 Å². The van der Waals surface area contributed by atoms with Crippen molar-refractivity contribution in [3.8, 4) is 0 Å². The standard InChI is InChI=1S/C16H24N2O/c1-12-4-6-14(7-5-12)11-18(3)16(19)15-8-9-17-13(2)10-15/h4-7,13,15,17H,8-11H2,1-3H3/t13-,15-/m0/s1. The van der Waals surface area contributed by atoms with Crippen LogP contribution in [0.5, 0.6) is 0 Å². The number of nitrogens with zero attached hydrogens (tertiary/aromatic N) is 1. The van der Waals surface area contributed by atoms with Crippen molar-refractivity contribution in [3.05, 3.63) is 35.4 Å². The summed E-state index contributed by atoms with van der Waals surface area (Å²) in [6.07, 6.45) is 1.92. The number of amides is 1. The van der Waals surface area contributed by atoms with Crippen molar-refractivity contribution in [2.45, 2.75) is 39.3 Å². The maximum atomic E-state index is 12.4. The summed E-state index contributed by atoms with van der Waals surface area (Å²) < 4.78 is 0. The molecule has 0 radical (unpaired) electrons. The maximum absolute atomic E-state index is 12.4. The molecule has 1 heterocycles. The van der Waals surface area contributed by atoms with Gasteiger partial charge in [0.15, 0.2) is 0 Å². The molecule has 1 amide bonds. The van der Waals surface area contributed by atoms with E-state index in [1.165, 1.54) is 11.1 Å². The Balaban J connectivity index is 1.93. The Morgan fingerprint density at radius 3 is 2.68 bits per heavy atom. The Morgan fingerprint density at radius 1 is 1.37 bits per heavy atom. The lowest BCUT2D eigenvalue weighted by molar-refractivity contribution is -0.135. The number of benzene rings is 1. The lowest BCUT2D eigenvalue weighted by Gasteiger charge is -2.30. The second-order valence-electron chi connectivity index (χ2n) is 5.76. The minimum Gasteiger partial charge on any atom is -0.341 e. The molecule has 2 atom stereocenters. The number of piperidine rings is 1. The van der Waals surface area contributed by atoms with E-state index >= 15 is 0 Å². The van der Waals surface area contributed by atoms with E-state index in [0.717, 1.165) is 19.4 Å². The summed E-state index contributed by atoms with van der Waals surface area (Å²) in [7, 11) is 1.91. The second kappa shape index (κ2) is 6.20. The van der Waals surface area contributed by atoms with Crippen LogP contribution < -0.4 is 5.32 Å². The van der Waals surface area contributed by atoms with Gasteiger partial charge in [0, 0.05) is 25.6 Å². The summed E-state index contributed by atoms with van der Waals surface area (Å²) in [4.78, 5) is 14.3. The van der Waals surface area contributed by atoms with Gasteiger partial charge in [0.2, 0.25) is 5.91 Å². The number of hydrogen-bond donors (Lipinski definition) is 1. The average molecular weight is 260 g/mol. The highest BCUT2D eigenvalue weighted by Gasteiger charge is 2.26. The monoisotopic (exact) mass is 260 g/mol. The summed E-state index contributed by atoms with van der Waals surface area (Å²) in [5.74, 6) is 0.473. The molecule has 0 saturated carbocycles. The van der Waals surface area contributed by atoms with E-state index in [1.54, 1.807) is 0 Å². The summed E-state index contributed by atoms with van der Waals surface area (Å²) in [6.45, 7) is 5.89. The third-order valence-corrected chi connectivity index (χ3v) is 3.89. The van der Waals surface area contributed by atoms with Crippen molar-refractivity contribution in [1.82, 2.24) is 10.2 Å². The fraction of sp³-hybridized carbons (Fsp3) is 0.562. The van der Waals surface area contributed by atoms with Gasteiger partial charge in [-0.15, -0.1) is 0 Å². The summed E-state index contributed by atoms with van der Waals surface area (Å²) in [5.41, 5.74) is 2.45. The Hall–Kier alpha value is -1.35. The van der Waals surface area contributed by atoms with Gasteiger partial charge in [-0.3, -0.25) is 4.79 Å². The van der Waals surface area contributed by atoms with Gasteiger partial charge in [0.25, 0.3) is 0 Å². The molecule has 0 unspecified atom stereocenters. The van der Waals surface area contributed by atoms with Crippen molar-refractivity contribution in [3.63, 3.8) is 0 Å². The third kappa shape index (κ3) is 3.80. The molecule has 1 aromatic rings. The van der Waals surface area contributed by atoms with E-state index in [0.29, 0.717) is 12.6 Å². The van der Waals surface area contributed by atoms with Crippen LogP contribution in [0.2, 0.25) is 0 Å². The zero-order chi connectivity index (χ0) is 13.8. The van der Waals surface area contributed by atoms with Gasteiger partial charge in [-0.2, -0.15) is 0 Å². The molecule has 0 aromatic heterocycles. The average Bonchev–Trinajstić information content (AvgIpc) is 2.40. The molecule has 1 N–H and O–H groups in total. The predicted molar refractivity (Wildman–Crippen MR) is 77.8 cm³/mol. The summed E-state index contributed by atoms with van der Waals surface area (Å²) in [5, 5.41) is 3.39. The minimum absolute atomic E-state index is 0.187. The molecule has 2 rings (SSSR count). The molecule has 1 saturated heterocycles. The zero-order valence-electron chi connectivity index (χ0n) is 12.1. The van der Waals surface area contributed by atoms with Gasteiger partial charge in [-0.25, -0.2) is 0 Å². The zero-order valence-corrected chi connectivity index (χ0v) is 12.1. The van der Waals surface area contributed by atoms with Gasteiger partial charge >= 0.3 is 0 Å². The number of rotatable bonds is 3. The quantitative estimate of drug-likeness (QED) is 0.904. The van der Waals surface area contributed by atoms with Crippen molar-refractivity contribution < 1.29 is 4.79 Å². The Morgan fingerprint density at radius 2 is 2.05 bits per heavy atom. The number of aryl methyl sites for hydroxylation is 1. The first-order valence-electron chi connectivity index (χ1n) is 7.10. The molecule has 1 fully saturated rings. The number of carbonyl (C=O) groups is 1. The van der Waals surface area contributed by atoms with E-state index in [9.17, 15) is 4.79 Å². The highest BCUT2D eigenvalue weighted by Crippen LogP contribution is 2.19. The molecule has 19 heavy (non-hydrogen) atoms. The lowest BCUT2D eigenvalue weighted by atomic mass is 9.92. The van der Waals surface area contributed by atoms with E-state index in [4.69, 9.17) is 0 Å². The van der Waals surface area contributed by atoms with Crippen LogP contribution in [0.25, 0.3) is 0 Å². The molecule has 1 aliphatic rings. The first-order valence-corrected chi connectivity index (χ1v) is 7.10. The highest BCUT2D eigenvalue weighted by molar-refractivity contribution is 5.78. The fourth-order valence-corrected chi connectivity index (χ4v) is 2.71. The SMILES string of the molecule is Cc1ccc(CN(C)C(=O)[C@H]2CCN[C@@H](C)C2)cc1. The number of hydrogen-bond acceptors (Lipinski definition) is 2. The van der Waals surface area contributed by atoms with Crippen LogP contribution in [0.4, 0.5) is 0 Å². The fourth-order valence-electron chi connectivity index (χ4n) is 2.71. The predicted octanol–water partition coefficient (Wildman–Crippen LogP) is 2.34. The van der Waals surface area contributed by atoms with E-state index < -0.39 is 0 Å². The van der Waals surface area contributed by atoms with Crippen LogP contribution in [0.3, 0.4) is 0 Å². The Kier molecular flexibility index (Phi) is 4.59. The molecule has 1 aromatic carbocycles. The molecule has 0 aliphatic carbocycles. The van der Waals surface area contributed by atoms with E-state index in [-0.39, 0.29) is 11.8 Å². The van der Waals surface area contributed by atoms with Crippen molar-refractivity contribution in [2.75, 3.05) is 13.6 Å². The molecular formula is C16H24N2O. The van der Waals surface area contributed by atoms with Gasteiger partial charge < -0.3 is 10.2 Å². The van der Waals surface area contributed by atoms with Crippen molar-refractivity contribution in [2.24, 2.45) is 5.92 Å². The largest absolute Gasteiger partial charge is 0.341 e. The van der Waals surface area contributed by atoms with Crippen molar-refractivity contribution >= 4 is 5.91 Å². The molecule has 104 valence electrons. The van der Waals surface area contributed by atoms with E-state index in [2.05, 4.69) is 43.4 Å². The molecule has 0 bridgehead atoms. The molecular weight excluding hydrogens is 236 g/mol. The first kappa shape index (κ1) is 14.1. The van der Waals surface area contributed by atoms with Crippen LogP contribution in [0.1, 0.15) is 30.9 Å². The van der Waals surface area contributed by atoms with Crippen molar-refractivity contribution in [1.29, 1.82) is 0 Å². The van der Waals surface area contributed by atoms with Crippen LogP contribution in [-0.2, 0) is 11.3 Å². The summed E-state index contributed by atoms with van der Waals surface area (Å²) in [6, 6.07) is 8.85. The minimum atomic E-state index is 0.187. The topological polar surface area (TPSA) is 32.3 Å². The van der Waals surface area contributed by atoms with Gasteiger partial charge in [-0.1, -0.05) is 29.8 Å². The molecule has 0 spiro atoms. The van der Waals surface area contributed by atoms with Crippen LogP contribution >= 0.6 is 0 Å². The highest BCUT2D eigenvalue weighted by atomic mass is 16.2. The van der Waals surface area contributed by atoms with E-state index in [1.807, 2.05) is 11.9 Å². The second-order valence-corrected chi connectivity index (χ2v) is 5.76. The number of carbonyl (C=O) groups excluding carboxylic acids is 1. The summed E-state index contributed by atoms with van der Waals surface area (Å²) >= 11 is 0. The van der Waals surface area contributed by atoms with Crippen LogP contribution in [0.15, 0.2) is 24.3 Å². The Bertz CT molecular complexity index is 427.